The van der Waals surface area contributed by atoms with E-state index in [4.69, 9.17) is 30.9 Å². The van der Waals surface area contributed by atoms with Crippen LogP contribution in [0.4, 0.5) is 5.69 Å². The Hall–Kier alpha value is -4.17. The molecule has 0 bridgehead atoms. The van der Waals surface area contributed by atoms with Crippen molar-refractivity contribution in [3.63, 3.8) is 0 Å². The number of benzene rings is 3. The van der Waals surface area contributed by atoms with Crippen LogP contribution in [0.3, 0.4) is 0 Å². The Bertz CT molecular complexity index is 1450. The monoisotopic (exact) mass is 546 g/mol. The average molecular weight is 547 g/mol. The largest absolute Gasteiger partial charge is 0.497 e. The van der Waals surface area contributed by atoms with Crippen LogP contribution < -0.4 is 19.1 Å². The highest BCUT2D eigenvalue weighted by Crippen LogP contribution is 2.34. The minimum absolute atomic E-state index is 0.0890. The van der Waals surface area contributed by atoms with Crippen molar-refractivity contribution in [2.24, 2.45) is 0 Å². The molecule has 1 fully saturated rings. The van der Waals surface area contributed by atoms with Crippen LogP contribution in [0.2, 0.25) is 5.02 Å². The Morgan fingerprint density at radius 3 is 2.33 bits per heavy atom. The highest BCUT2D eigenvalue weighted by Gasteiger charge is 2.28. The first-order chi connectivity index (χ1) is 19.0. The third-order valence-corrected chi connectivity index (χ3v) is 7.01. The summed E-state index contributed by atoms with van der Waals surface area (Å²) >= 11 is 6.14. The van der Waals surface area contributed by atoms with E-state index in [2.05, 4.69) is 11.0 Å². The van der Waals surface area contributed by atoms with Gasteiger partial charge in [0.15, 0.2) is 0 Å². The lowest BCUT2D eigenvalue weighted by molar-refractivity contribution is 0.0737. The second-order valence-electron chi connectivity index (χ2n) is 9.05. The summed E-state index contributed by atoms with van der Waals surface area (Å²) in [5.74, 6) is 2.05. The van der Waals surface area contributed by atoms with Gasteiger partial charge in [-0.2, -0.15) is 5.10 Å². The first-order valence-corrected chi connectivity index (χ1v) is 13.2. The number of ether oxygens (including phenoxy) is 3. The van der Waals surface area contributed by atoms with E-state index >= 15 is 0 Å². The van der Waals surface area contributed by atoms with Gasteiger partial charge in [-0.05, 0) is 61.5 Å². The van der Waals surface area contributed by atoms with Crippen LogP contribution in [0.15, 0.2) is 72.8 Å². The van der Waals surface area contributed by atoms with Gasteiger partial charge in [0.05, 0.1) is 37.9 Å². The van der Waals surface area contributed by atoms with E-state index in [1.165, 1.54) is 0 Å². The molecule has 3 aromatic carbocycles. The first-order valence-electron chi connectivity index (χ1n) is 12.9. The average Bonchev–Trinajstić information content (AvgIpc) is 3.42. The molecule has 0 saturated carbocycles. The molecule has 0 aliphatic carbocycles. The molecule has 2 heterocycles. The normalized spacial score (nSPS) is 13.3. The lowest BCUT2D eigenvalue weighted by Gasteiger charge is -2.36. The van der Waals surface area contributed by atoms with Crippen molar-refractivity contribution in [1.29, 1.82) is 0 Å². The fraction of sp³-hybridized carbons (Fsp3) is 0.267. The molecule has 1 aliphatic rings. The summed E-state index contributed by atoms with van der Waals surface area (Å²) in [4.78, 5) is 18.1. The number of para-hydroxylation sites is 2. The molecule has 0 radical (unpaired) electrons. The fourth-order valence-corrected chi connectivity index (χ4v) is 4.89. The van der Waals surface area contributed by atoms with Crippen LogP contribution in [0, 0.1) is 0 Å². The maximum absolute atomic E-state index is 13.9. The standard InChI is InChI=1S/C30H31ClN4O4/c1-4-39-28-8-6-5-7-26(28)33-15-17-34(18-16-33)30(36)27-20-25(24-14-13-23(37-2)19-29(24)38-3)32-35(27)22-11-9-21(31)10-12-22/h5-14,19-20H,4,15-18H2,1-3H3. The Kier molecular flexibility index (Phi) is 7.93. The number of methoxy groups -OCH3 is 2. The summed E-state index contributed by atoms with van der Waals surface area (Å²) in [5, 5.41) is 5.44. The molecule has 5 rings (SSSR count). The summed E-state index contributed by atoms with van der Waals surface area (Å²) < 4.78 is 18.5. The van der Waals surface area contributed by atoms with Crippen LogP contribution in [-0.4, -0.2) is 67.6 Å². The molecule has 1 saturated heterocycles. The number of carbonyl (C=O) groups is 1. The summed E-state index contributed by atoms with van der Waals surface area (Å²) in [6, 6.07) is 22.7. The maximum atomic E-state index is 13.9. The Labute approximate surface area is 233 Å². The summed E-state index contributed by atoms with van der Waals surface area (Å²) in [6.45, 7) is 5.13. The van der Waals surface area contributed by atoms with Crippen molar-refractivity contribution in [3.8, 4) is 34.2 Å². The van der Waals surface area contributed by atoms with Crippen LogP contribution in [0.5, 0.6) is 17.2 Å². The van der Waals surface area contributed by atoms with Crippen LogP contribution in [0.1, 0.15) is 17.4 Å². The maximum Gasteiger partial charge on any atom is 0.272 e. The van der Waals surface area contributed by atoms with Crippen molar-refractivity contribution < 1.29 is 19.0 Å². The van der Waals surface area contributed by atoms with E-state index in [9.17, 15) is 4.79 Å². The van der Waals surface area contributed by atoms with E-state index in [-0.39, 0.29) is 5.91 Å². The predicted octanol–water partition coefficient (Wildman–Crippen LogP) is 5.57. The quantitative estimate of drug-likeness (QED) is 0.288. The van der Waals surface area contributed by atoms with Crippen molar-refractivity contribution in [3.05, 3.63) is 83.5 Å². The van der Waals surface area contributed by atoms with Crippen molar-refractivity contribution >= 4 is 23.2 Å². The highest BCUT2D eigenvalue weighted by atomic mass is 35.5. The van der Waals surface area contributed by atoms with Crippen molar-refractivity contribution in [2.75, 3.05) is 51.9 Å². The molecule has 1 amide bonds. The molecule has 9 heteroatoms. The summed E-state index contributed by atoms with van der Waals surface area (Å²) in [6.07, 6.45) is 0. The fourth-order valence-electron chi connectivity index (χ4n) is 4.76. The number of piperazine rings is 1. The minimum Gasteiger partial charge on any atom is -0.497 e. The van der Waals surface area contributed by atoms with Gasteiger partial charge in [-0.25, -0.2) is 4.68 Å². The van der Waals surface area contributed by atoms with Gasteiger partial charge in [-0.15, -0.1) is 0 Å². The van der Waals surface area contributed by atoms with Gasteiger partial charge in [-0.3, -0.25) is 4.79 Å². The van der Waals surface area contributed by atoms with E-state index in [0.29, 0.717) is 60.7 Å². The summed E-state index contributed by atoms with van der Waals surface area (Å²) in [7, 11) is 3.21. The van der Waals surface area contributed by atoms with E-state index < -0.39 is 0 Å². The molecule has 0 spiro atoms. The molecule has 202 valence electrons. The Morgan fingerprint density at radius 1 is 0.897 bits per heavy atom. The lowest BCUT2D eigenvalue weighted by atomic mass is 10.1. The minimum atomic E-state index is -0.0890. The molecule has 39 heavy (non-hydrogen) atoms. The van der Waals surface area contributed by atoms with Crippen LogP contribution >= 0.6 is 11.6 Å². The zero-order chi connectivity index (χ0) is 27.4. The number of rotatable bonds is 8. The predicted molar refractivity (Wildman–Crippen MR) is 153 cm³/mol. The molecule has 4 aromatic rings. The molecule has 8 nitrogen and oxygen atoms in total. The second kappa shape index (κ2) is 11.7. The number of anilines is 1. The number of nitrogens with zero attached hydrogens (tertiary/aromatic N) is 4. The topological polar surface area (TPSA) is 69.1 Å². The molecule has 0 atom stereocenters. The third-order valence-electron chi connectivity index (χ3n) is 6.76. The molecular formula is C30H31ClN4O4. The van der Waals surface area contributed by atoms with Crippen LogP contribution in [0.25, 0.3) is 16.9 Å². The second-order valence-corrected chi connectivity index (χ2v) is 9.49. The van der Waals surface area contributed by atoms with Gasteiger partial charge in [-0.1, -0.05) is 23.7 Å². The van der Waals surface area contributed by atoms with Gasteiger partial charge in [0.2, 0.25) is 0 Å². The van der Waals surface area contributed by atoms with Crippen molar-refractivity contribution in [1.82, 2.24) is 14.7 Å². The number of aromatic nitrogens is 2. The van der Waals surface area contributed by atoms with Gasteiger partial charge < -0.3 is 24.0 Å². The number of halogens is 1. The number of hydrogen-bond acceptors (Lipinski definition) is 6. The van der Waals surface area contributed by atoms with Gasteiger partial charge in [0.25, 0.3) is 5.91 Å². The van der Waals surface area contributed by atoms with Crippen molar-refractivity contribution in [2.45, 2.75) is 6.92 Å². The third kappa shape index (κ3) is 5.52. The highest BCUT2D eigenvalue weighted by molar-refractivity contribution is 6.30. The van der Waals surface area contributed by atoms with Gasteiger partial charge in [0.1, 0.15) is 22.9 Å². The summed E-state index contributed by atoms with van der Waals surface area (Å²) in [5.41, 5.74) is 3.64. The number of hydrogen-bond donors (Lipinski definition) is 0. The number of amides is 1. The van der Waals surface area contributed by atoms with Crippen LogP contribution in [-0.2, 0) is 0 Å². The Morgan fingerprint density at radius 2 is 1.64 bits per heavy atom. The van der Waals surface area contributed by atoms with Gasteiger partial charge in [0, 0.05) is 42.8 Å². The Balaban J connectivity index is 1.45. The van der Waals surface area contributed by atoms with Gasteiger partial charge >= 0.3 is 0 Å². The number of carbonyl (C=O) groups excluding carboxylic acids is 1. The molecular weight excluding hydrogens is 516 g/mol. The van der Waals surface area contributed by atoms with E-state index in [1.54, 1.807) is 37.1 Å². The molecule has 1 aliphatic heterocycles. The molecule has 0 unspecified atom stereocenters. The SMILES string of the molecule is CCOc1ccccc1N1CCN(C(=O)c2cc(-c3ccc(OC)cc3OC)nn2-c2ccc(Cl)cc2)CC1. The zero-order valence-corrected chi connectivity index (χ0v) is 23.0. The van der Waals surface area contributed by atoms with E-state index in [1.807, 2.05) is 60.4 Å². The smallest absolute Gasteiger partial charge is 0.272 e. The lowest BCUT2D eigenvalue weighted by Crippen LogP contribution is -2.49. The molecule has 1 aromatic heterocycles. The zero-order valence-electron chi connectivity index (χ0n) is 22.3. The van der Waals surface area contributed by atoms with E-state index in [0.717, 1.165) is 22.7 Å². The first kappa shape index (κ1) is 26.4. The molecule has 0 N–H and O–H groups in total.